The Kier molecular flexibility index (Phi) is 1.53. The molecule has 1 rings (SSSR count). The Morgan fingerprint density at radius 3 is 3.00 bits per heavy atom. The summed E-state index contributed by atoms with van der Waals surface area (Å²) in [6.07, 6.45) is 3.46. The van der Waals surface area contributed by atoms with Crippen LogP contribution >= 0.6 is 11.9 Å². The minimum absolute atomic E-state index is 0.0562. The van der Waals surface area contributed by atoms with Gasteiger partial charge in [0.25, 0.3) is 5.91 Å². The molecule has 0 aliphatic carbocycles. The van der Waals surface area contributed by atoms with Crippen LogP contribution in [0.5, 0.6) is 0 Å². The highest BCUT2D eigenvalue weighted by atomic mass is 32.2. The van der Waals surface area contributed by atoms with Crippen LogP contribution in [0.1, 0.15) is 0 Å². The van der Waals surface area contributed by atoms with Crippen LogP contribution in [-0.4, -0.2) is 29.4 Å². The Morgan fingerprint density at radius 2 is 2.75 bits per heavy atom. The Bertz CT molecular complexity index is 134. The molecule has 0 radical (unpaired) electrons. The second-order valence-electron chi connectivity index (χ2n) is 1.40. The van der Waals surface area contributed by atoms with Gasteiger partial charge in [0.05, 0.1) is 0 Å². The fourth-order valence-electron chi connectivity index (χ4n) is 0.455. The molecule has 1 amide bonds. The summed E-state index contributed by atoms with van der Waals surface area (Å²) >= 11 is 1.50. The van der Waals surface area contributed by atoms with E-state index >= 15 is 0 Å². The van der Waals surface area contributed by atoms with E-state index in [9.17, 15) is 4.79 Å². The van der Waals surface area contributed by atoms with Gasteiger partial charge >= 0.3 is 0 Å². The normalized spacial score (nSPS) is 18.1. The maximum absolute atomic E-state index is 10.4. The first-order chi connectivity index (χ1) is 3.83. The van der Waals surface area contributed by atoms with Crippen molar-refractivity contribution < 1.29 is 4.79 Å². The molecule has 0 aromatic heterocycles. The van der Waals surface area contributed by atoms with Crippen LogP contribution in [0.2, 0.25) is 0 Å². The quantitative estimate of drug-likeness (QED) is 0.473. The van der Waals surface area contributed by atoms with Gasteiger partial charge in [-0.3, -0.25) is 9.10 Å². The highest BCUT2D eigenvalue weighted by Gasteiger charge is 2.10. The summed E-state index contributed by atoms with van der Waals surface area (Å²) in [5, 5.41) is 0. The van der Waals surface area contributed by atoms with Crippen molar-refractivity contribution in [1.82, 2.24) is 4.31 Å². The predicted octanol–water partition coefficient (Wildman–Crippen LogP) is 0.135. The third kappa shape index (κ3) is 1.01. The molecule has 0 bridgehead atoms. The molecular weight excluding hydrogens is 124 g/mol. The average molecular weight is 130 g/mol. The fourth-order valence-corrected chi connectivity index (χ4v) is 0.836. The lowest BCUT2D eigenvalue weighted by Crippen LogP contribution is -2.11. The highest BCUT2D eigenvalue weighted by Crippen LogP contribution is 2.05. The predicted molar refractivity (Wildman–Crippen MR) is 33.7 cm³/mol. The molecule has 0 saturated heterocycles. The molecule has 0 N–H and O–H groups in total. The van der Waals surface area contributed by atoms with E-state index in [0.717, 1.165) is 0 Å². The molecule has 0 spiro atoms. The van der Waals surface area contributed by atoms with Crippen LogP contribution in [0.3, 0.4) is 0 Å². The van der Waals surface area contributed by atoms with E-state index in [0.29, 0.717) is 6.54 Å². The maximum atomic E-state index is 10.4. The van der Waals surface area contributed by atoms with E-state index in [2.05, 4.69) is 4.99 Å². The molecule has 0 unspecified atom stereocenters. The minimum atomic E-state index is -0.0562. The van der Waals surface area contributed by atoms with Crippen molar-refractivity contribution in [2.75, 3.05) is 12.8 Å². The molecule has 8 heavy (non-hydrogen) atoms. The van der Waals surface area contributed by atoms with E-state index in [1.54, 1.807) is 10.6 Å². The summed E-state index contributed by atoms with van der Waals surface area (Å²) in [5.74, 6) is -0.0562. The van der Waals surface area contributed by atoms with Crippen molar-refractivity contribution in [3.05, 3.63) is 0 Å². The lowest BCUT2D eigenvalue weighted by Gasteiger charge is -2.04. The van der Waals surface area contributed by atoms with Crippen molar-refractivity contribution in [3.63, 3.8) is 0 Å². The topological polar surface area (TPSA) is 32.7 Å². The number of carbonyl (C=O) groups excluding carboxylic acids is 1. The Labute approximate surface area is 51.9 Å². The summed E-state index contributed by atoms with van der Waals surface area (Å²) in [6.45, 7) is 0.432. The van der Waals surface area contributed by atoms with Crippen LogP contribution in [-0.2, 0) is 4.79 Å². The van der Waals surface area contributed by atoms with Gasteiger partial charge in [0.1, 0.15) is 12.9 Å². The maximum Gasteiger partial charge on any atom is 0.267 e. The number of hydrogen-bond donors (Lipinski definition) is 0. The average Bonchev–Trinajstić information content (AvgIpc) is 2.14. The molecule has 0 aromatic carbocycles. The minimum Gasteiger partial charge on any atom is -0.297 e. The van der Waals surface area contributed by atoms with E-state index in [4.69, 9.17) is 0 Å². The van der Waals surface area contributed by atoms with Crippen molar-refractivity contribution in [2.45, 2.75) is 0 Å². The van der Waals surface area contributed by atoms with Crippen molar-refractivity contribution >= 4 is 24.2 Å². The van der Waals surface area contributed by atoms with E-state index < -0.39 is 0 Å². The molecule has 0 fully saturated rings. The summed E-state index contributed by atoms with van der Waals surface area (Å²) in [7, 11) is 0. The van der Waals surface area contributed by atoms with Crippen molar-refractivity contribution in [2.24, 2.45) is 4.99 Å². The van der Waals surface area contributed by atoms with Gasteiger partial charge in [0, 0.05) is 6.26 Å². The molecule has 0 saturated carbocycles. The summed E-state index contributed by atoms with van der Waals surface area (Å²) < 4.78 is 1.78. The van der Waals surface area contributed by atoms with Gasteiger partial charge in [-0.15, -0.1) is 0 Å². The number of rotatable bonds is 1. The summed E-state index contributed by atoms with van der Waals surface area (Å²) in [5.41, 5.74) is 0. The van der Waals surface area contributed by atoms with E-state index in [1.807, 2.05) is 6.26 Å². The molecule has 1 heterocycles. The van der Waals surface area contributed by atoms with Crippen LogP contribution < -0.4 is 0 Å². The number of nitrogens with zero attached hydrogens (tertiary/aromatic N) is 2. The molecule has 0 atom stereocenters. The first-order valence-electron chi connectivity index (χ1n) is 2.20. The number of hydrogen-bond acceptors (Lipinski definition) is 3. The first kappa shape index (κ1) is 5.62. The smallest absolute Gasteiger partial charge is 0.267 e. The standard InChI is InChI=1S/C4H6N2OS/c1-8-6-2-4(7)5-3-6/h3H,2H2,1H3. The zero-order chi connectivity index (χ0) is 5.98. The van der Waals surface area contributed by atoms with E-state index in [1.165, 1.54) is 11.9 Å². The molecule has 44 valence electrons. The van der Waals surface area contributed by atoms with Crippen molar-refractivity contribution in [3.8, 4) is 0 Å². The number of carbonyl (C=O) groups is 1. The Balaban J connectivity index is 2.46. The number of aliphatic imine (C=N–C) groups is 1. The third-order valence-electron chi connectivity index (χ3n) is 0.856. The van der Waals surface area contributed by atoms with Crippen LogP contribution in [0.25, 0.3) is 0 Å². The monoisotopic (exact) mass is 130 g/mol. The first-order valence-corrected chi connectivity index (χ1v) is 3.39. The second kappa shape index (κ2) is 2.17. The fraction of sp³-hybridized carbons (Fsp3) is 0.500. The zero-order valence-corrected chi connectivity index (χ0v) is 5.31. The zero-order valence-electron chi connectivity index (χ0n) is 4.50. The van der Waals surface area contributed by atoms with Gasteiger partial charge in [-0.2, -0.15) is 0 Å². The summed E-state index contributed by atoms with van der Waals surface area (Å²) in [6, 6.07) is 0. The van der Waals surface area contributed by atoms with E-state index in [-0.39, 0.29) is 5.91 Å². The molecule has 3 nitrogen and oxygen atoms in total. The highest BCUT2D eigenvalue weighted by molar-refractivity contribution is 7.96. The van der Waals surface area contributed by atoms with Gasteiger partial charge in [-0.05, 0) is 0 Å². The number of amides is 1. The van der Waals surface area contributed by atoms with Crippen molar-refractivity contribution in [1.29, 1.82) is 0 Å². The van der Waals surface area contributed by atoms with Gasteiger partial charge < -0.3 is 0 Å². The molecule has 0 aromatic rings. The van der Waals surface area contributed by atoms with Gasteiger partial charge in [-0.1, -0.05) is 11.9 Å². The molecule has 1 aliphatic heterocycles. The molecule has 4 heteroatoms. The third-order valence-corrected chi connectivity index (χ3v) is 1.55. The molecule has 1 aliphatic rings. The lowest BCUT2D eigenvalue weighted by molar-refractivity contribution is -0.116. The SMILES string of the molecule is CSN1C=NC(=O)C1. The van der Waals surface area contributed by atoms with Gasteiger partial charge in [0.15, 0.2) is 0 Å². The Morgan fingerprint density at radius 1 is 2.00 bits per heavy atom. The van der Waals surface area contributed by atoms with Crippen LogP contribution in [0.15, 0.2) is 4.99 Å². The largest absolute Gasteiger partial charge is 0.297 e. The van der Waals surface area contributed by atoms with Crippen LogP contribution in [0, 0.1) is 0 Å². The molecular formula is C4H6N2OS. The summed E-state index contributed by atoms with van der Waals surface area (Å²) in [4.78, 5) is 13.9. The Hall–Kier alpha value is -0.510. The lowest BCUT2D eigenvalue weighted by atomic mass is 10.7. The second-order valence-corrected chi connectivity index (χ2v) is 2.23. The van der Waals surface area contributed by atoms with Crippen LogP contribution in [0.4, 0.5) is 0 Å². The van der Waals surface area contributed by atoms with Gasteiger partial charge in [-0.25, -0.2) is 4.99 Å². The van der Waals surface area contributed by atoms with Gasteiger partial charge in [0.2, 0.25) is 0 Å².